The highest BCUT2D eigenvalue weighted by Gasteiger charge is 2.12. The van der Waals surface area contributed by atoms with E-state index in [2.05, 4.69) is 19.7 Å². The normalized spacial score (nSPS) is 10.1. The van der Waals surface area contributed by atoms with Gasteiger partial charge < -0.3 is 9.72 Å². The fraction of sp³-hybridized carbons (Fsp3) is 0.111. The third kappa shape index (κ3) is 1.84. The van der Waals surface area contributed by atoms with Crippen LogP contribution in [0.25, 0.3) is 10.7 Å². The number of nitrogens with one attached hydrogen (secondary N) is 1. The molecule has 0 spiro atoms. The molecule has 2 aromatic heterocycles. The molecule has 2 aromatic rings. The molecule has 82 valence electrons. The molecule has 0 aliphatic rings. The minimum absolute atomic E-state index is 0.115. The van der Waals surface area contributed by atoms with Gasteiger partial charge in [-0.25, -0.2) is 9.78 Å². The zero-order valence-electron chi connectivity index (χ0n) is 8.26. The maximum Gasteiger partial charge on any atom is 0.345 e. The molecule has 0 amide bonds. The highest BCUT2D eigenvalue weighted by Crippen LogP contribution is 2.17. The predicted molar refractivity (Wildman–Crippen MR) is 57.3 cm³/mol. The maximum atomic E-state index is 11.5. The van der Waals surface area contributed by atoms with Gasteiger partial charge in [0.2, 0.25) is 0 Å². The number of H-pyrrole nitrogens is 1. The summed E-state index contributed by atoms with van der Waals surface area (Å²) in [5.74, 6) is -0.315. The Labute approximate surface area is 94.0 Å². The van der Waals surface area contributed by atoms with Crippen molar-refractivity contribution < 1.29 is 9.53 Å². The van der Waals surface area contributed by atoms with Crippen LogP contribution in [0, 0.1) is 0 Å². The quantitative estimate of drug-likeness (QED) is 0.776. The molecule has 0 fully saturated rings. The first-order chi connectivity index (χ1) is 7.72. The predicted octanol–water partition coefficient (Wildman–Crippen LogP) is 0.680. The van der Waals surface area contributed by atoms with Crippen LogP contribution in [0.3, 0.4) is 0 Å². The van der Waals surface area contributed by atoms with E-state index in [1.54, 1.807) is 11.7 Å². The van der Waals surface area contributed by atoms with Crippen LogP contribution in [0.2, 0.25) is 0 Å². The van der Waals surface area contributed by atoms with E-state index in [1.165, 1.54) is 24.6 Å². The van der Waals surface area contributed by atoms with Crippen LogP contribution in [0.15, 0.2) is 22.7 Å². The summed E-state index contributed by atoms with van der Waals surface area (Å²) < 4.78 is 4.44. The van der Waals surface area contributed by atoms with E-state index in [9.17, 15) is 9.59 Å². The fourth-order valence-corrected chi connectivity index (χ4v) is 1.68. The number of ether oxygens (including phenoxy) is 1. The van der Waals surface area contributed by atoms with Crippen molar-refractivity contribution in [3.63, 3.8) is 0 Å². The summed E-state index contributed by atoms with van der Waals surface area (Å²) in [5, 5.41) is 0. The molecule has 2 rings (SSSR count). The zero-order chi connectivity index (χ0) is 11.5. The number of aromatic nitrogens is 3. The number of esters is 1. The molecule has 7 heteroatoms. The molecule has 16 heavy (non-hydrogen) atoms. The van der Waals surface area contributed by atoms with E-state index < -0.39 is 11.5 Å². The summed E-state index contributed by atoms with van der Waals surface area (Å²) in [6.07, 6.45) is 2.78. The van der Waals surface area contributed by atoms with Gasteiger partial charge >= 0.3 is 5.97 Å². The van der Waals surface area contributed by atoms with E-state index in [0.717, 1.165) is 4.88 Å². The summed E-state index contributed by atoms with van der Waals surface area (Å²) in [6, 6.07) is 0. The first-order valence-corrected chi connectivity index (χ1v) is 5.17. The lowest BCUT2D eigenvalue weighted by Crippen LogP contribution is -2.19. The SMILES string of the molecule is COC(=O)c1cnc(-c2cncs2)[nH]c1=O. The first-order valence-electron chi connectivity index (χ1n) is 4.29. The Hall–Kier alpha value is -2.02. The molecule has 0 aromatic carbocycles. The average Bonchev–Trinajstić information content (AvgIpc) is 2.81. The minimum Gasteiger partial charge on any atom is -0.465 e. The smallest absolute Gasteiger partial charge is 0.345 e. The zero-order valence-corrected chi connectivity index (χ0v) is 9.08. The van der Waals surface area contributed by atoms with Crippen LogP contribution in [0.4, 0.5) is 0 Å². The highest BCUT2D eigenvalue weighted by molar-refractivity contribution is 7.13. The van der Waals surface area contributed by atoms with Gasteiger partial charge in [-0.2, -0.15) is 0 Å². The van der Waals surface area contributed by atoms with Crippen molar-refractivity contribution in [2.45, 2.75) is 0 Å². The summed E-state index contributed by atoms with van der Waals surface area (Å²) in [4.78, 5) is 33.7. The van der Waals surface area contributed by atoms with Crippen LogP contribution in [0.1, 0.15) is 10.4 Å². The first kappa shape index (κ1) is 10.5. The van der Waals surface area contributed by atoms with Gasteiger partial charge in [-0.1, -0.05) is 0 Å². The lowest BCUT2D eigenvalue weighted by molar-refractivity contribution is 0.0598. The van der Waals surface area contributed by atoms with E-state index in [4.69, 9.17) is 0 Å². The van der Waals surface area contributed by atoms with Crippen LogP contribution < -0.4 is 5.56 Å². The molecule has 0 aliphatic carbocycles. The Kier molecular flexibility index (Phi) is 2.78. The molecule has 0 atom stereocenters. The van der Waals surface area contributed by atoms with Gasteiger partial charge in [-0.05, 0) is 0 Å². The van der Waals surface area contributed by atoms with Crippen LogP contribution >= 0.6 is 11.3 Å². The Morgan fingerprint density at radius 1 is 1.50 bits per heavy atom. The molecule has 0 saturated heterocycles. The Bertz CT molecular complexity index is 562. The molecule has 0 unspecified atom stereocenters. The number of aromatic amines is 1. The monoisotopic (exact) mass is 237 g/mol. The summed E-state index contributed by atoms with van der Waals surface area (Å²) in [7, 11) is 1.21. The fourth-order valence-electron chi connectivity index (χ4n) is 1.11. The number of carbonyl (C=O) groups excluding carboxylic acids is 1. The van der Waals surface area contributed by atoms with Gasteiger partial charge in [-0.15, -0.1) is 11.3 Å². The molecular formula is C9H7N3O3S. The molecule has 0 radical (unpaired) electrons. The highest BCUT2D eigenvalue weighted by atomic mass is 32.1. The second kappa shape index (κ2) is 4.23. The number of hydrogen-bond donors (Lipinski definition) is 1. The van der Waals surface area contributed by atoms with Gasteiger partial charge in [-0.3, -0.25) is 9.78 Å². The summed E-state index contributed by atoms with van der Waals surface area (Å²) in [6.45, 7) is 0. The second-order valence-corrected chi connectivity index (χ2v) is 3.72. The van der Waals surface area contributed by atoms with Crippen molar-refractivity contribution in [1.29, 1.82) is 0 Å². The van der Waals surface area contributed by atoms with Gasteiger partial charge in [0.25, 0.3) is 5.56 Å². The van der Waals surface area contributed by atoms with Crippen molar-refractivity contribution in [3.05, 3.63) is 33.8 Å². The molecular weight excluding hydrogens is 230 g/mol. The third-order valence-electron chi connectivity index (χ3n) is 1.87. The standard InChI is InChI=1S/C9H7N3O3S/c1-15-9(14)5-2-11-7(12-8(5)13)6-3-10-4-16-6/h2-4H,1H3,(H,11,12,13). The lowest BCUT2D eigenvalue weighted by atomic mass is 10.3. The van der Waals surface area contributed by atoms with Gasteiger partial charge in [0, 0.05) is 12.4 Å². The third-order valence-corrected chi connectivity index (χ3v) is 2.65. The molecule has 0 aliphatic heterocycles. The van der Waals surface area contributed by atoms with Crippen LogP contribution in [0.5, 0.6) is 0 Å². The number of hydrogen-bond acceptors (Lipinski definition) is 6. The second-order valence-electron chi connectivity index (χ2n) is 2.83. The average molecular weight is 237 g/mol. The van der Waals surface area contributed by atoms with Gasteiger partial charge in [0.05, 0.1) is 17.5 Å². The van der Waals surface area contributed by atoms with Gasteiger partial charge in [0.1, 0.15) is 5.56 Å². The van der Waals surface area contributed by atoms with E-state index in [-0.39, 0.29) is 5.56 Å². The van der Waals surface area contributed by atoms with Crippen molar-refractivity contribution >= 4 is 17.3 Å². The number of nitrogens with zero attached hydrogens (tertiary/aromatic N) is 2. The minimum atomic E-state index is -0.704. The Balaban J connectivity index is 2.45. The topological polar surface area (TPSA) is 84.9 Å². The van der Waals surface area contributed by atoms with E-state index in [0.29, 0.717) is 5.82 Å². The molecule has 0 saturated carbocycles. The van der Waals surface area contributed by atoms with Crippen molar-refractivity contribution in [2.75, 3.05) is 7.11 Å². The number of carbonyl (C=O) groups is 1. The summed E-state index contributed by atoms with van der Waals surface area (Å²) >= 11 is 1.34. The van der Waals surface area contributed by atoms with Crippen molar-refractivity contribution in [2.24, 2.45) is 0 Å². The van der Waals surface area contributed by atoms with Crippen LogP contribution in [-0.4, -0.2) is 28.0 Å². The Morgan fingerprint density at radius 3 is 2.88 bits per heavy atom. The van der Waals surface area contributed by atoms with Gasteiger partial charge in [0.15, 0.2) is 5.82 Å². The largest absolute Gasteiger partial charge is 0.465 e. The number of rotatable bonds is 2. The van der Waals surface area contributed by atoms with Crippen molar-refractivity contribution in [3.8, 4) is 10.7 Å². The van der Waals surface area contributed by atoms with E-state index >= 15 is 0 Å². The van der Waals surface area contributed by atoms with Crippen LogP contribution in [-0.2, 0) is 4.74 Å². The number of thiazole rings is 1. The molecule has 1 N–H and O–H groups in total. The lowest BCUT2D eigenvalue weighted by Gasteiger charge is -1.99. The molecule has 6 nitrogen and oxygen atoms in total. The number of methoxy groups -OCH3 is 1. The summed E-state index contributed by atoms with van der Waals surface area (Å²) in [5.41, 5.74) is 0.991. The molecule has 0 bridgehead atoms. The van der Waals surface area contributed by atoms with E-state index in [1.807, 2.05) is 0 Å². The van der Waals surface area contributed by atoms with Crippen molar-refractivity contribution in [1.82, 2.24) is 15.0 Å². The molecule has 2 heterocycles. The Morgan fingerprint density at radius 2 is 2.31 bits per heavy atom. The maximum absolute atomic E-state index is 11.5.